The lowest BCUT2D eigenvalue weighted by Gasteiger charge is -2.27. The molecule has 1 aromatic heterocycles. The molecule has 2 heterocycles. The van der Waals surface area contributed by atoms with Gasteiger partial charge in [0.15, 0.2) is 0 Å². The van der Waals surface area contributed by atoms with Gasteiger partial charge in [-0.3, -0.25) is 4.90 Å². The summed E-state index contributed by atoms with van der Waals surface area (Å²) in [6.45, 7) is 4.89. The number of carbonyl (C=O) groups excluding carboxylic acids is 1. The van der Waals surface area contributed by atoms with E-state index in [4.69, 9.17) is 0 Å². The van der Waals surface area contributed by atoms with Crippen molar-refractivity contribution in [1.29, 1.82) is 0 Å². The molecule has 1 aliphatic heterocycles. The lowest BCUT2D eigenvalue weighted by Crippen LogP contribution is -2.42. The van der Waals surface area contributed by atoms with Gasteiger partial charge in [-0.15, -0.1) is 11.3 Å². The maximum absolute atomic E-state index is 12.6. The molecule has 1 fully saturated rings. The molecule has 2 aromatic carbocycles. The summed E-state index contributed by atoms with van der Waals surface area (Å²) in [5.41, 5.74) is 1.14. The van der Waals surface area contributed by atoms with Crippen molar-refractivity contribution >= 4 is 28.1 Å². The third kappa shape index (κ3) is 4.21. The van der Waals surface area contributed by atoms with Crippen LogP contribution in [0.2, 0.25) is 0 Å². The fourth-order valence-corrected chi connectivity index (χ4v) is 4.95. The van der Waals surface area contributed by atoms with Gasteiger partial charge >= 0.3 is 6.03 Å². The fraction of sp³-hybridized carbons (Fsp3) is 0.348. The number of nitrogens with one attached hydrogen (secondary N) is 2. The van der Waals surface area contributed by atoms with Crippen LogP contribution in [-0.4, -0.2) is 30.6 Å². The first-order chi connectivity index (χ1) is 13.7. The molecular formula is C23H27N3OS. The smallest absolute Gasteiger partial charge is 0.315 e. The summed E-state index contributed by atoms with van der Waals surface area (Å²) in [5, 5.41) is 10.7. The maximum atomic E-state index is 12.6. The van der Waals surface area contributed by atoms with Crippen molar-refractivity contribution in [2.24, 2.45) is 0 Å². The Kier molecular flexibility index (Phi) is 5.93. The van der Waals surface area contributed by atoms with Gasteiger partial charge < -0.3 is 10.6 Å². The summed E-state index contributed by atoms with van der Waals surface area (Å²) < 4.78 is 0. The predicted molar refractivity (Wildman–Crippen MR) is 117 cm³/mol. The fourth-order valence-electron chi connectivity index (χ4n) is 4.09. The monoisotopic (exact) mass is 393 g/mol. The van der Waals surface area contributed by atoms with E-state index in [9.17, 15) is 4.79 Å². The maximum Gasteiger partial charge on any atom is 0.315 e. The topological polar surface area (TPSA) is 44.4 Å². The van der Waals surface area contributed by atoms with Gasteiger partial charge in [-0.2, -0.15) is 0 Å². The Hall–Kier alpha value is -2.37. The Bertz CT molecular complexity index is 913. The Morgan fingerprint density at radius 2 is 1.86 bits per heavy atom. The van der Waals surface area contributed by atoms with E-state index in [1.165, 1.54) is 28.5 Å². The Morgan fingerprint density at radius 1 is 1.07 bits per heavy atom. The van der Waals surface area contributed by atoms with Gasteiger partial charge in [0.1, 0.15) is 0 Å². The number of fused-ring (bicyclic) bond motifs is 1. The van der Waals surface area contributed by atoms with Crippen LogP contribution >= 0.6 is 11.3 Å². The second-order valence-electron chi connectivity index (χ2n) is 7.42. The highest BCUT2D eigenvalue weighted by atomic mass is 32.1. The van der Waals surface area contributed by atoms with Crippen LogP contribution < -0.4 is 10.6 Å². The Labute approximate surface area is 170 Å². The standard InChI is InChI=1S/C23H27N3OS/c1-17(19-11-6-9-18-8-2-3-10-20(18)19)25-23(27)24-16-21(22-12-7-15-28-22)26-13-4-5-14-26/h2-3,6-12,15,17,21H,4-5,13-14,16H2,1H3,(H2,24,25,27). The predicted octanol–water partition coefficient (Wildman–Crippen LogP) is 5.10. The van der Waals surface area contributed by atoms with Crippen LogP contribution in [0.1, 0.15) is 42.3 Å². The number of amides is 2. The molecule has 3 aromatic rings. The number of benzene rings is 2. The van der Waals surface area contributed by atoms with E-state index in [0.717, 1.165) is 18.7 Å². The first kappa shape index (κ1) is 19.0. The number of carbonyl (C=O) groups is 1. The minimum absolute atomic E-state index is 0.0573. The average molecular weight is 394 g/mol. The van der Waals surface area contributed by atoms with E-state index in [-0.39, 0.29) is 18.1 Å². The van der Waals surface area contributed by atoms with E-state index in [1.807, 2.05) is 25.1 Å². The number of nitrogens with zero attached hydrogens (tertiary/aromatic N) is 1. The van der Waals surface area contributed by atoms with Crippen molar-refractivity contribution in [3.05, 3.63) is 70.4 Å². The second-order valence-corrected chi connectivity index (χ2v) is 8.40. The first-order valence-electron chi connectivity index (χ1n) is 10.0. The molecule has 4 rings (SSSR count). The van der Waals surface area contributed by atoms with Gasteiger partial charge in [0.05, 0.1) is 12.1 Å². The highest BCUT2D eigenvalue weighted by Crippen LogP contribution is 2.28. The highest BCUT2D eigenvalue weighted by molar-refractivity contribution is 7.10. The molecule has 2 N–H and O–H groups in total. The SMILES string of the molecule is CC(NC(=O)NCC(c1cccs1)N1CCCC1)c1cccc2ccccc12. The highest BCUT2D eigenvalue weighted by Gasteiger charge is 2.25. The van der Waals surface area contributed by atoms with Crippen molar-refractivity contribution in [2.75, 3.05) is 19.6 Å². The molecule has 2 amide bonds. The van der Waals surface area contributed by atoms with Gasteiger partial charge in [-0.05, 0) is 60.6 Å². The number of urea groups is 1. The van der Waals surface area contributed by atoms with Crippen LogP contribution in [0, 0.1) is 0 Å². The first-order valence-corrected chi connectivity index (χ1v) is 10.9. The summed E-state index contributed by atoms with van der Waals surface area (Å²) in [5.74, 6) is 0. The normalized spacial score (nSPS) is 16.8. The molecule has 1 aliphatic rings. The summed E-state index contributed by atoms with van der Waals surface area (Å²) in [7, 11) is 0. The number of rotatable bonds is 6. The largest absolute Gasteiger partial charge is 0.336 e. The minimum Gasteiger partial charge on any atom is -0.336 e. The molecule has 28 heavy (non-hydrogen) atoms. The molecule has 0 aliphatic carbocycles. The number of thiophene rings is 1. The Morgan fingerprint density at radius 3 is 2.64 bits per heavy atom. The summed E-state index contributed by atoms with van der Waals surface area (Å²) >= 11 is 1.77. The van der Waals surface area contributed by atoms with Crippen molar-refractivity contribution in [3.8, 4) is 0 Å². The number of likely N-dealkylation sites (tertiary alicyclic amines) is 1. The molecule has 0 saturated carbocycles. The van der Waals surface area contributed by atoms with Crippen molar-refractivity contribution in [3.63, 3.8) is 0 Å². The van der Waals surface area contributed by atoms with Gasteiger partial charge in [0.2, 0.25) is 0 Å². The van der Waals surface area contributed by atoms with Crippen LogP contribution in [-0.2, 0) is 0 Å². The zero-order valence-corrected chi connectivity index (χ0v) is 17.0. The zero-order valence-electron chi connectivity index (χ0n) is 16.2. The molecule has 1 saturated heterocycles. The quantitative estimate of drug-likeness (QED) is 0.612. The van der Waals surface area contributed by atoms with Crippen molar-refractivity contribution in [2.45, 2.75) is 31.8 Å². The van der Waals surface area contributed by atoms with Gasteiger partial charge in [-0.25, -0.2) is 4.79 Å². The van der Waals surface area contributed by atoms with Gasteiger partial charge in [-0.1, -0.05) is 48.5 Å². The summed E-state index contributed by atoms with van der Waals surface area (Å²) in [6.07, 6.45) is 2.48. The molecule has 0 radical (unpaired) electrons. The molecule has 2 unspecified atom stereocenters. The molecule has 0 bridgehead atoms. The van der Waals surface area contributed by atoms with Gasteiger partial charge in [0.25, 0.3) is 0 Å². The second kappa shape index (κ2) is 8.76. The zero-order chi connectivity index (χ0) is 19.3. The van der Waals surface area contributed by atoms with Gasteiger partial charge in [0, 0.05) is 11.4 Å². The molecule has 146 valence electrons. The number of hydrogen-bond donors (Lipinski definition) is 2. The van der Waals surface area contributed by atoms with Crippen LogP contribution in [0.25, 0.3) is 10.8 Å². The van der Waals surface area contributed by atoms with Crippen molar-refractivity contribution < 1.29 is 4.79 Å². The van der Waals surface area contributed by atoms with Crippen LogP contribution in [0.5, 0.6) is 0 Å². The Balaban J connectivity index is 1.40. The minimum atomic E-state index is -0.110. The average Bonchev–Trinajstić information content (AvgIpc) is 3.42. The molecule has 5 heteroatoms. The summed E-state index contributed by atoms with van der Waals surface area (Å²) in [4.78, 5) is 16.4. The molecule has 0 spiro atoms. The lowest BCUT2D eigenvalue weighted by atomic mass is 10.00. The van der Waals surface area contributed by atoms with E-state index < -0.39 is 0 Å². The summed E-state index contributed by atoms with van der Waals surface area (Å²) in [6, 6.07) is 18.9. The van der Waals surface area contributed by atoms with Crippen LogP contribution in [0.4, 0.5) is 4.79 Å². The van der Waals surface area contributed by atoms with E-state index in [2.05, 4.69) is 57.3 Å². The van der Waals surface area contributed by atoms with E-state index >= 15 is 0 Å². The van der Waals surface area contributed by atoms with Crippen molar-refractivity contribution in [1.82, 2.24) is 15.5 Å². The molecule has 2 atom stereocenters. The van der Waals surface area contributed by atoms with E-state index in [1.54, 1.807) is 11.3 Å². The third-order valence-corrected chi connectivity index (χ3v) is 6.52. The third-order valence-electron chi connectivity index (χ3n) is 5.55. The molecular weight excluding hydrogens is 366 g/mol. The number of hydrogen-bond acceptors (Lipinski definition) is 3. The van der Waals surface area contributed by atoms with Crippen LogP contribution in [0.15, 0.2) is 60.0 Å². The lowest BCUT2D eigenvalue weighted by molar-refractivity contribution is 0.220. The van der Waals surface area contributed by atoms with E-state index in [0.29, 0.717) is 6.54 Å². The molecule has 4 nitrogen and oxygen atoms in total. The van der Waals surface area contributed by atoms with Crippen LogP contribution in [0.3, 0.4) is 0 Å².